The van der Waals surface area contributed by atoms with Crippen LogP contribution in [-0.4, -0.2) is 32.3 Å². The zero-order valence-electron chi connectivity index (χ0n) is 13.3. The van der Waals surface area contributed by atoms with E-state index in [1.165, 1.54) is 0 Å². The van der Waals surface area contributed by atoms with Crippen LogP contribution >= 0.6 is 11.6 Å². The number of likely N-dealkylation sites (N-methyl/N-ethyl adjacent to an activating group) is 1. The Morgan fingerprint density at radius 3 is 2.50 bits per heavy atom. The first-order valence-corrected chi connectivity index (χ1v) is 7.52. The number of anilines is 1. The zero-order chi connectivity index (χ0) is 15.2. The predicted molar refractivity (Wildman–Crippen MR) is 87.8 cm³/mol. The van der Waals surface area contributed by atoms with Crippen LogP contribution < -0.4 is 10.2 Å². The summed E-state index contributed by atoms with van der Waals surface area (Å²) in [5.74, 6) is 0. The second kappa shape index (κ2) is 7.87. The van der Waals surface area contributed by atoms with Gasteiger partial charge in [0.1, 0.15) is 0 Å². The van der Waals surface area contributed by atoms with E-state index in [4.69, 9.17) is 16.3 Å². The van der Waals surface area contributed by atoms with Gasteiger partial charge in [-0.05, 0) is 45.4 Å². The predicted octanol–water partition coefficient (Wildman–Crippen LogP) is 3.70. The fraction of sp³-hybridized carbons (Fsp3) is 0.625. The van der Waals surface area contributed by atoms with E-state index in [9.17, 15) is 0 Å². The van der Waals surface area contributed by atoms with E-state index in [1.54, 1.807) is 7.11 Å². The van der Waals surface area contributed by atoms with Gasteiger partial charge in [0.25, 0.3) is 0 Å². The molecular weight excluding hydrogens is 272 g/mol. The van der Waals surface area contributed by atoms with E-state index >= 15 is 0 Å². The van der Waals surface area contributed by atoms with E-state index in [0.717, 1.165) is 42.5 Å². The standard InChI is InChI=1S/C16H27ClN2O/c1-6-19(9-10-20-5)14-8-7-13(15(17)11-14)12-18-16(2,3)4/h7-8,11,18H,6,9-10,12H2,1-5H3. The Labute approximate surface area is 128 Å². The van der Waals surface area contributed by atoms with Crippen LogP contribution in [0.1, 0.15) is 33.3 Å². The number of benzene rings is 1. The number of rotatable bonds is 7. The van der Waals surface area contributed by atoms with Crippen molar-refractivity contribution in [2.24, 2.45) is 0 Å². The van der Waals surface area contributed by atoms with Crippen molar-refractivity contribution >= 4 is 17.3 Å². The van der Waals surface area contributed by atoms with Crippen LogP contribution in [0, 0.1) is 0 Å². The van der Waals surface area contributed by atoms with E-state index < -0.39 is 0 Å². The van der Waals surface area contributed by atoms with Crippen molar-refractivity contribution in [3.05, 3.63) is 28.8 Å². The highest BCUT2D eigenvalue weighted by Crippen LogP contribution is 2.24. The van der Waals surface area contributed by atoms with Gasteiger partial charge in [-0.15, -0.1) is 0 Å². The van der Waals surface area contributed by atoms with Gasteiger partial charge in [-0.2, -0.15) is 0 Å². The Morgan fingerprint density at radius 1 is 1.30 bits per heavy atom. The number of methoxy groups -OCH3 is 1. The summed E-state index contributed by atoms with van der Waals surface area (Å²) < 4.78 is 5.14. The monoisotopic (exact) mass is 298 g/mol. The van der Waals surface area contributed by atoms with Crippen LogP contribution in [0.4, 0.5) is 5.69 Å². The number of nitrogens with zero attached hydrogens (tertiary/aromatic N) is 1. The van der Waals surface area contributed by atoms with Crippen LogP contribution in [-0.2, 0) is 11.3 Å². The molecule has 1 rings (SSSR count). The lowest BCUT2D eigenvalue weighted by molar-refractivity contribution is 0.205. The molecule has 0 saturated heterocycles. The smallest absolute Gasteiger partial charge is 0.0637 e. The first kappa shape index (κ1) is 17.3. The third-order valence-corrected chi connectivity index (χ3v) is 3.51. The minimum atomic E-state index is 0.0932. The number of halogens is 1. The van der Waals surface area contributed by atoms with E-state index in [0.29, 0.717) is 0 Å². The molecule has 0 heterocycles. The van der Waals surface area contributed by atoms with Crippen molar-refractivity contribution in [2.75, 3.05) is 31.7 Å². The molecule has 0 saturated carbocycles. The van der Waals surface area contributed by atoms with Crippen molar-refractivity contribution < 1.29 is 4.74 Å². The molecule has 1 aromatic rings. The fourth-order valence-corrected chi connectivity index (χ4v) is 2.15. The average molecular weight is 299 g/mol. The van der Waals surface area contributed by atoms with Gasteiger partial charge in [-0.3, -0.25) is 0 Å². The third kappa shape index (κ3) is 5.70. The largest absolute Gasteiger partial charge is 0.383 e. The Balaban J connectivity index is 2.75. The molecule has 20 heavy (non-hydrogen) atoms. The van der Waals surface area contributed by atoms with Crippen LogP contribution in [0.25, 0.3) is 0 Å². The summed E-state index contributed by atoms with van der Waals surface area (Å²) in [7, 11) is 1.72. The molecule has 0 fully saturated rings. The second-order valence-electron chi connectivity index (χ2n) is 5.95. The van der Waals surface area contributed by atoms with Crippen molar-refractivity contribution in [1.82, 2.24) is 5.32 Å². The molecule has 1 aromatic carbocycles. The van der Waals surface area contributed by atoms with E-state index in [-0.39, 0.29) is 5.54 Å². The van der Waals surface area contributed by atoms with Crippen LogP contribution in [0.2, 0.25) is 5.02 Å². The number of nitrogens with one attached hydrogen (secondary N) is 1. The molecule has 0 aromatic heterocycles. The third-order valence-electron chi connectivity index (χ3n) is 3.16. The molecule has 0 spiro atoms. The van der Waals surface area contributed by atoms with E-state index in [2.05, 4.69) is 50.0 Å². The molecule has 1 N–H and O–H groups in total. The molecule has 0 amide bonds. The molecular formula is C16H27ClN2O. The number of ether oxygens (including phenoxy) is 1. The molecule has 0 unspecified atom stereocenters. The van der Waals surface area contributed by atoms with Crippen LogP contribution in [0.3, 0.4) is 0 Å². The average Bonchev–Trinajstić information content (AvgIpc) is 2.37. The lowest BCUT2D eigenvalue weighted by Crippen LogP contribution is -2.35. The SMILES string of the molecule is CCN(CCOC)c1ccc(CNC(C)(C)C)c(Cl)c1. The lowest BCUT2D eigenvalue weighted by Gasteiger charge is -2.24. The Kier molecular flexibility index (Phi) is 6.80. The minimum Gasteiger partial charge on any atom is -0.383 e. The van der Waals surface area contributed by atoms with Gasteiger partial charge in [-0.25, -0.2) is 0 Å². The normalized spacial score (nSPS) is 11.7. The summed E-state index contributed by atoms with van der Waals surface area (Å²) >= 11 is 6.40. The maximum Gasteiger partial charge on any atom is 0.0637 e. The maximum atomic E-state index is 6.40. The Bertz CT molecular complexity index is 415. The first-order valence-electron chi connectivity index (χ1n) is 7.14. The topological polar surface area (TPSA) is 24.5 Å². The van der Waals surface area contributed by atoms with Gasteiger partial charge >= 0.3 is 0 Å². The van der Waals surface area contributed by atoms with Gasteiger partial charge in [0.05, 0.1) is 6.61 Å². The lowest BCUT2D eigenvalue weighted by atomic mass is 10.1. The highest BCUT2D eigenvalue weighted by molar-refractivity contribution is 6.31. The van der Waals surface area contributed by atoms with Crippen molar-refractivity contribution in [3.63, 3.8) is 0 Å². The van der Waals surface area contributed by atoms with Gasteiger partial charge in [0.2, 0.25) is 0 Å². The molecule has 0 aliphatic rings. The molecule has 0 atom stereocenters. The Hall–Kier alpha value is -0.770. The van der Waals surface area contributed by atoms with Gasteiger partial charge < -0.3 is 15.0 Å². The summed E-state index contributed by atoms with van der Waals surface area (Å²) in [6.07, 6.45) is 0. The molecule has 3 nitrogen and oxygen atoms in total. The molecule has 4 heteroatoms. The number of hydrogen-bond acceptors (Lipinski definition) is 3. The van der Waals surface area contributed by atoms with Gasteiger partial charge in [0, 0.05) is 43.0 Å². The molecule has 0 aliphatic carbocycles. The first-order chi connectivity index (χ1) is 9.37. The highest BCUT2D eigenvalue weighted by atomic mass is 35.5. The number of hydrogen-bond donors (Lipinski definition) is 1. The fourth-order valence-electron chi connectivity index (χ4n) is 1.91. The maximum absolute atomic E-state index is 6.40. The molecule has 114 valence electrons. The van der Waals surface area contributed by atoms with Crippen LogP contribution in [0.15, 0.2) is 18.2 Å². The summed E-state index contributed by atoms with van der Waals surface area (Å²) in [4.78, 5) is 2.26. The summed E-state index contributed by atoms with van der Waals surface area (Å²) in [6.45, 7) is 11.9. The molecule has 0 radical (unpaired) electrons. The van der Waals surface area contributed by atoms with E-state index in [1.807, 2.05) is 6.07 Å². The Morgan fingerprint density at radius 2 is 2.00 bits per heavy atom. The van der Waals surface area contributed by atoms with Gasteiger partial charge in [-0.1, -0.05) is 17.7 Å². The van der Waals surface area contributed by atoms with Gasteiger partial charge in [0.15, 0.2) is 0 Å². The van der Waals surface area contributed by atoms with Crippen molar-refractivity contribution in [1.29, 1.82) is 0 Å². The zero-order valence-corrected chi connectivity index (χ0v) is 14.0. The van der Waals surface area contributed by atoms with Crippen molar-refractivity contribution in [3.8, 4) is 0 Å². The minimum absolute atomic E-state index is 0.0932. The summed E-state index contributed by atoms with van der Waals surface area (Å²) in [5.41, 5.74) is 2.37. The van der Waals surface area contributed by atoms with Crippen LogP contribution in [0.5, 0.6) is 0 Å². The molecule has 0 aliphatic heterocycles. The summed E-state index contributed by atoms with van der Waals surface area (Å²) in [5, 5.41) is 4.27. The highest BCUT2D eigenvalue weighted by Gasteiger charge is 2.11. The quantitative estimate of drug-likeness (QED) is 0.831. The summed E-state index contributed by atoms with van der Waals surface area (Å²) in [6, 6.07) is 6.27. The van der Waals surface area contributed by atoms with Crippen molar-refractivity contribution in [2.45, 2.75) is 39.8 Å². The second-order valence-corrected chi connectivity index (χ2v) is 6.36. The molecule has 0 bridgehead atoms.